The number of unbranched alkanes of at least 4 members (excludes halogenated alkanes) is 3. The molecule has 6 nitrogen and oxygen atoms in total. The minimum Gasteiger partial charge on any atom is -0.490 e. The molecular weight excluding hydrogens is 432 g/mol. The van der Waals surface area contributed by atoms with Gasteiger partial charge in [-0.2, -0.15) is 0 Å². The molecule has 0 atom stereocenters. The molecule has 0 radical (unpaired) electrons. The van der Waals surface area contributed by atoms with Gasteiger partial charge in [-0.3, -0.25) is 20.2 Å². The zero-order chi connectivity index (χ0) is 19.8. The molecular formula is C19H23BrN2O4S. The average Bonchev–Trinajstić information content (AvgIpc) is 2.60. The van der Waals surface area contributed by atoms with Gasteiger partial charge in [-0.1, -0.05) is 26.2 Å². The van der Waals surface area contributed by atoms with E-state index in [1.54, 1.807) is 12.1 Å². The van der Waals surface area contributed by atoms with Crippen LogP contribution in [0.5, 0.6) is 11.5 Å². The van der Waals surface area contributed by atoms with Crippen molar-refractivity contribution in [3.63, 3.8) is 0 Å². The van der Waals surface area contributed by atoms with Gasteiger partial charge < -0.3 is 9.47 Å². The third-order valence-electron chi connectivity index (χ3n) is 3.83. The largest absolute Gasteiger partial charge is 0.490 e. The fraction of sp³-hybridized carbons (Fsp3) is 0.421. The molecule has 1 saturated heterocycles. The van der Waals surface area contributed by atoms with E-state index in [9.17, 15) is 9.59 Å². The summed E-state index contributed by atoms with van der Waals surface area (Å²) in [5.74, 6) is 0.110. The normalized spacial score (nSPS) is 13.9. The van der Waals surface area contributed by atoms with Gasteiger partial charge in [0.15, 0.2) is 16.6 Å². The van der Waals surface area contributed by atoms with E-state index in [-0.39, 0.29) is 10.7 Å². The summed E-state index contributed by atoms with van der Waals surface area (Å²) in [4.78, 5) is 24.0. The van der Waals surface area contributed by atoms with Crippen molar-refractivity contribution < 1.29 is 19.1 Å². The van der Waals surface area contributed by atoms with E-state index >= 15 is 0 Å². The lowest BCUT2D eigenvalue weighted by molar-refractivity contribution is -0.123. The monoisotopic (exact) mass is 454 g/mol. The van der Waals surface area contributed by atoms with Gasteiger partial charge >= 0.3 is 0 Å². The van der Waals surface area contributed by atoms with Crippen LogP contribution in [0.2, 0.25) is 0 Å². The molecule has 1 aromatic carbocycles. The maximum absolute atomic E-state index is 12.0. The number of amides is 2. The second kappa shape index (κ2) is 10.4. The highest BCUT2D eigenvalue weighted by Crippen LogP contribution is 2.37. The molecule has 0 spiro atoms. The molecule has 27 heavy (non-hydrogen) atoms. The Kier molecular flexibility index (Phi) is 8.24. The lowest BCUT2D eigenvalue weighted by Crippen LogP contribution is -2.51. The lowest BCUT2D eigenvalue weighted by atomic mass is 10.1. The fourth-order valence-corrected chi connectivity index (χ4v) is 3.31. The Labute approximate surface area is 172 Å². The van der Waals surface area contributed by atoms with Crippen molar-refractivity contribution in [2.24, 2.45) is 0 Å². The number of nitrogens with one attached hydrogen (secondary N) is 2. The van der Waals surface area contributed by atoms with Crippen LogP contribution in [0, 0.1) is 0 Å². The van der Waals surface area contributed by atoms with E-state index < -0.39 is 11.8 Å². The quantitative estimate of drug-likeness (QED) is 0.257. The van der Waals surface area contributed by atoms with Gasteiger partial charge in [-0.25, -0.2) is 0 Å². The fourth-order valence-electron chi connectivity index (χ4n) is 2.55. The molecule has 0 aliphatic carbocycles. The topological polar surface area (TPSA) is 76.7 Å². The number of benzene rings is 1. The van der Waals surface area contributed by atoms with Crippen LogP contribution >= 0.6 is 28.1 Å². The summed E-state index contributed by atoms with van der Waals surface area (Å²) in [5, 5.41) is 4.83. The molecule has 1 aromatic rings. The molecule has 2 N–H and O–H groups in total. The van der Waals surface area contributed by atoms with Crippen LogP contribution in [-0.4, -0.2) is 30.1 Å². The summed E-state index contributed by atoms with van der Waals surface area (Å²) < 4.78 is 12.3. The number of hydrogen-bond donors (Lipinski definition) is 2. The molecule has 2 amide bonds. The Bertz CT molecular complexity index is 742. The Morgan fingerprint density at radius 1 is 1.07 bits per heavy atom. The smallest absolute Gasteiger partial charge is 0.263 e. The first-order chi connectivity index (χ1) is 13.0. The first kappa shape index (κ1) is 21.4. The molecule has 0 saturated carbocycles. The third-order valence-corrected chi connectivity index (χ3v) is 4.62. The van der Waals surface area contributed by atoms with Crippen LogP contribution in [0.25, 0.3) is 6.08 Å². The Morgan fingerprint density at radius 2 is 1.78 bits per heavy atom. The first-order valence-corrected chi connectivity index (χ1v) is 10.1. The van der Waals surface area contributed by atoms with E-state index in [1.807, 2.05) is 6.92 Å². The minimum atomic E-state index is -0.533. The van der Waals surface area contributed by atoms with E-state index in [2.05, 4.69) is 33.5 Å². The van der Waals surface area contributed by atoms with E-state index in [0.717, 1.165) is 12.8 Å². The number of rotatable bonds is 9. The highest BCUT2D eigenvalue weighted by molar-refractivity contribution is 9.10. The second-order valence-electron chi connectivity index (χ2n) is 5.97. The maximum atomic E-state index is 12.0. The summed E-state index contributed by atoms with van der Waals surface area (Å²) >= 11 is 8.30. The SMILES string of the molecule is CCCCCCOc1c(Br)cc(C=C2C(=O)NC(=S)NC2=O)cc1OCC. The Balaban J connectivity index is 2.23. The zero-order valence-corrected chi connectivity index (χ0v) is 17.8. The van der Waals surface area contributed by atoms with Crippen LogP contribution in [0.1, 0.15) is 45.1 Å². The molecule has 1 heterocycles. The molecule has 1 aliphatic heterocycles. The van der Waals surface area contributed by atoms with Crippen LogP contribution in [0.3, 0.4) is 0 Å². The van der Waals surface area contributed by atoms with Crippen molar-refractivity contribution in [1.82, 2.24) is 10.6 Å². The minimum absolute atomic E-state index is 0.00477. The standard InChI is InChI=1S/C19H23BrN2O4S/c1-3-5-6-7-8-26-16-14(20)10-12(11-15(16)25-4-2)9-13-17(23)21-19(27)22-18(13)24/h9-11H,3-8H2,1-2H3,(H2,21,22,23,24,27). The van der Waals surface area contributed by atoms with E-state index in [1.165, 1.54) is 18.9 Å². The third kappa shape index (κ3) is 6.04. The number of thiocarbonyl (C=S) groups is 1. The van der Waals surface area contributed by atoms with E-state index in [0.29, 0.717) is 34.7 Å². The van der Waals surface area contributed by atoms with Crippen LogP contribution < -0.4 is 20.1 Å². The van der Waals surface area contributed by atoms with Crippen LogP contribution in [0.4, 0.5) is 0 Å². The zero-order valence-electron chi connectivity index (χ0n) is 15.4. The van der Waals surface area contributed by atoms with Crippen molar-refractivity contribution >= 4 is 51.2 Å². The van der Waals surface area contributed by atoms with Gasteiger partial charge in [0.05, 0.1) is 17.7 Å². The van der Waals surface area contributed by atoms with Crippen molar-refractivity contribution in [2.45, 2.75) is 39.5 Å². The number of hydrogen-bond acceptors (Lipinski definition) is 5. The van der Waals surface area contributed by atoms with Crippen molar-refractivity contribution in [3.8, 4) is 11.5 Å². The molecule has 2 rings (SSSR count). The van der Waals surface area contributed by atoms with Gasteiger partial charge in [0.2, 0.25) is 0 Å². The number of carbonyl (C=O) groups is 2. The van der Waals surface area contributed by atoms with Crippen LogP contribution in [0.15, 0.2) is 22.2 Å². The predicted octanol–water partition coefficient (Wildman–Crippen LogP) is 3.72. The molecule has 0 bridgehead atoms. The molecule has 1 fully saturated rings. The van der Waals surface area contributed by atoms with Gasteiger partial charge in [-0.05, 0) is 65.3 Å². The number of halogens is 1. The summed E-state index contributed by atoms with van der Waals surface area (Å²) in [6.07, 6.45) is 5.93. The maximum Gasteiger partial charge on any atom is 0.263 e. The second-order valence-corrected chi connectivity index (χ2v) is 7.23. The van der Waals surface area contributed by atoms with Gasteiger partial charge in [-0.15, -0.1) is 0 Å². The molecule has 0 unspecified atom stereocenters. The Morgan fingerprint density at radius 3 is 2.41 bits per heavy atom. The van der Waals surface area contributed by atoms with Gasteiger partial charge in [0.25, 0.3) is 11.8 Å². The van der Waals surface area contributed by atoms with Gasteiger partial charge in [0, 0.05) is 0 Å². The summed E-state index contributed by atoms with van der Waals surface area (Å²) in [6.45, 7) is 5.11. The Hall–Kier alpha value is -1.93. The highest BCUT2D eigenvalue weighted by atomic mass is 79.9. The first-order valence-electron chi connectivity index (χ1n) is 8.93. The predicted molar refractivity (Wildman–Crippen MR) is 112 cm³/mol. The number of carbonyl (C=O) groups excluding carboxylic acids is 2. The highest BCUT2D eigenvalue weighted by Gasteiger charge is 2.26. The van der Waals surface area contributed by atoms with Crippen molar-refractivity contribution in [3.05, 3.63) is 27.7 Å². The summed E-state index contributed by atoms with van der Waals surface area (Å²) in [6, 6.07) is 3.53. The summed E-state index contributed by atoms with van der Waals surface area (Å²) in [7, 11) is 0. The van der Waals surface area contributed by atoms with Crippen molar-refractivity contribution in [2.75, 3.05) is 13.2 Å². The van der Waals surface area contributed by atoms with Crippen LogP contribution in [-0.2, 0) is 9.59 Å². The average molecular weight is 455 g/mol. The molecule has 0 aromatic heterocycles. The summed E-state index contributed by atoms with van der Waals surface area (Å²) in [5.41, 5.74) is 0.614. The van der Waals surface area contributed by atoms with Crippen molar-refractivity contribution in [1.29, 1.82) is 0 Å². The molecule has 8 heteroatoms. The molecule has 1 aliphatic rings. The lowest BCUT2D eigenvalue weighted by Gasteiger charge is -2.17. The van der Waals surface area contributed by atoms with E-state index in [4.69, 9.17) is 21.7 Å². The molecule has 146 valence electrons. The van der Waals surface area contributed by atoms with Gasteiger partial charge in [0.1, 0.15) is 5.57 Å². The number of ether oxygens (including phenoxy) is 2.